The number of hydrogen-bond acceptors (Lipinski definition) is 5. The van der Waals surface area contributed by atoms with Crippen molar-refractivity contribution in [2.45, 2.75) is 58.3 Å². The van der Waals surface area contributed by atoms with Crippen LogP contribution >= 0.6 is 0 Å². The molecule has 186 valence electrons. The lowest BCUT2D eigenvalue weighted by Crippen LogP contribution is -2.43. The summed E-state index contributed by atoms with van der Waals surface area (Å²) >= 11 is 0. The number of hydrogen-bond donors (Lipinski definition) is 1. The van der Waals surface area contributed by atoms with E-state index in [1.54, 1.807) is 18.9 Å². The van der Waals surface area contributed by atoms with Crippen LogP contribution in [0.25, 0.3) is 0 Å². The van der Waals surface area contributed by atoms with Crippen molar-refractivity contribution in [3.63, 3.8) is 0 Å². The van der Waals surface area contributed by atoms with Crippen LogP contribution in [-0.4, -0.2) is 56.1 Å². The molecule has 1 heterocycles. The van der Waals surface area contributed by atoms with Crippen molar-refractivity contribution in [1.82, 2.24) is 10.2 Å². The van der Waals surface area contributed by atoms with Crippen molar-refractivity contribution < 1.29 is 23.9 Å². The van der Waals surface area contributed by atoms with E-state index >= 15 is 0 Å². The third-order valence-corrected chi connectivity index (χ3v) is 6.84. The van der Waals surface area contributed by atoms with Gasteiger partial charge in [0.1, 0.15) is 5.41 Å². The molecule has 1 aliphatic carbocycles. The molecule has 0 aromatic heterocycles. The SMILES string of the molecule is CCOC(=O)[C@]12CCCC=C1N(CCCOC)C(=O)[C@@H]2CC(=O)NCCCCc1ccccc1. The highest BCUT2D eigenvalue weighted by molar-refractivity contribution is 5.99. The zero-order valence-corrected chi connectivity index (χ0v) is 20.5. The molecular weight excluding hydrogens is 432 g/mol. The lowest BCUT2D eigenvalue weighted by Gasteiger charge is -2.35. The molecule has 1 saturated heterocycles. The predicted octanol–water partition coefficient (Wildman–Crippen LogP) is 3.63. The smallest absolute Gasteiger partial charge is 0.318 e. The monoisotopic (exact) mass is 470 g/mol. The van der Waals surface area contributed by atoms with E-state index in [1.807, 2.05) is 24.3 Å². The van der Waals surface area contributed by atoms with Crippen molar-refractivity contribution >= 4 is 17.8 Å². The number of carbonyl (C=O) groups is 3. The average Bonchev–Trinajstić information content (AvgIpc) is 3.08. The normalized spacial score (nSPS) is 21.7. The fourth-order valence-electron chi connectivity index (χ4n) is 5.20. The minimum atomic E-state index is -1.07. The topological polar surface area (TPSA) is 84.9 Å². The number of allylic oxidation sites excluding steroid dienone is 1. The first-order chi connectivity index (χ1) is 16.5. The first-order valence-corrected chi connectivity index (χ1v) is 12.5. The highest BCUT2D eigenvalue weighted by atomic mass is 16.5. The molecule has 1 aromatic carbocycles. The van der Waals surface area contributed by atoms with E-state index in [-0.39, 0.29) is 30.8 Å². The molecule has 7 heteroatoms. The number of methoxy groups -OCH3 is 1. The van der Waals surface area contributed by atoms with Gasteiger partial charge in [-0.05, 0) is 57.4 Å². The molecule has 2 amide bonds. The second kappa shape index (κ2) is 12.7. The van der Waals surface area contributed by atoms with E-state index in [2.05, 4.69) is 17.4 Å². The molecule has 3 rings (SSSR count). The summed E-state index contributed by atoms with van der Waals surface area (Å²) in [7, 11) is 1.63. The molecule has 1 aliphatic heterocycles. The molecule has 0 radical (unpaired) electrons. The largest absolute Gasteiger partial charge is 0.465 e. The number of carbonyl (C=O) groups excluding carboxylic acids is 3. The molecule has 0 unspecified atom stereocenters. The standard InChI is InChI=1S/C27H38N2O5/c1-3-34-26(32)27-16-9-7-15-23(27)29(18-11-19-33-2)25(31)22(27)20-24(30)28-17-10-8-14-21-12-5-4-6-13-21/h4-6,12-13,15,22H,3,7-11,14,16-20H2,1-2H3,(H,28,30)/t22-,27-/m0/s1. The Labute approximate surface area is 202 Å². The first-order valence-electron chi connectivity index (χ1n) is 12.5. The fourth-order valence-corrected chi connectivity index (χ4v) is 5.20. The molecule has 1 N–H and O–H groups in total. The van der Waals surface area contributed by atoms with Gasteiger partial charge in [-0.25, -0.2) is 0 Å². The Hall–Kier alpha value is -2.67. The molecule has 1 fully saturated rings. The number of benzene rings is 1. The second-order valence-corrected chi connectivity index (χ2v) is 9.06. The highest BCUT2D eigenvalue weighted by Crippen LogP contribution is 2.53. The summed E-state index contributed by atoms with van der Waals surface area (Å²) in [5, 5.41) is 2.97. The minimum absolute atomic E-state index is 0.00551. The van der Waals surface area contributed by atoms with Gasteiger partial charge in [-0.15, -0.1) is 0 Å². The Bertz CT molecular complexity index is 869. The Balaban J connectivity index is 1.65. The van der Waals surface area contributed by atoms with E-state index in [0.717, 1.165) is 37.8 Å². The Kier molecular flexibility index (Phi) is 9.69. The molecule has 34 heavy (non-hydrogen) atoms. The van der Waals surface area contributed by atoms with Gasteiger partial charge in [0.25, 0.3) is 0 Å². The number of amides is 2. The quantitative estimate of drug-likeness (QED) is 0.352. The van der Waals surface area contributed by atoms with Crippen LogP contribution in [0.1, 0.15) is 57.4 Å². The molecule has 2 aliphatic rings. The summed E-state index contributed by atoms with van der Waals surface area (Å²) in [6.07, 6.45) is 7.58. The summed E-state index contributed by atoms with van der Waals surface area (Å²) in [6.45, 7) is 3.56. The van der Waals surface area contributed by atoms with Gasteiger partial charge in [-0.3, -0.25) is 14.4 Å². The zero-order valence-electron chi connectivity index (χ0n) is 20.5. The Morgan fingerprint density at radius 3 is 2.71 bits per heavy atom. The van der Waals surface area contributed by atoms with E-state index < -0.39 is 11.3 Å². The maximum atomic E-state index is 13.5. The summed E-state index contributed by atoms with van der Waals surface area (Å²) in [5.74, 6) is -1.46. The van der Waals surface area contributed by atoms with E-state index in [1.165, 1.54) is 5.56 Å². The Morgan fingerprint density at radius 2 is 1.97 bits per heavy atom. The summed E-state index contributed by atoms with van der Waals surface area (Å²) in [5.41, 5.74) is 0.939. The van der Waals surface area contributed by atoms with Crippen molar-refractivity contribution in [1.29, 1.82) is 0 Å². The molecule has 0 spiro atoms. The van der Waals surface area contributed by atoms with Crippen molar-refractivity contribution in [2.75, 3.05) is 33.4 Å². The van der Waals surface area contributed by atoms with Crippen molar-refractivity contribution in [3.8, 4) is 0 Å². The maximum absolute atomic E-state index is 13.5. The number of rotatable bonds is 13. The van der Waals surface area contributed by atoms with Gasteiger partial charge in [0.15, 0.2) is 0 Å². The number of esters is 1. The fraction of sp³-hybridized carbons (Fsp3) is 0.593. The van der Waals surface area contributed by atoms with Crippen molar-refractivity contribution in [2.24, 2.45) is 11.3 Å². The van der Waals surface area contributed by atoms with Gasteiger partial charge in [0.05, 0.1) is 12.5 Å². The number of aryl methyl sites for hydroxylation is 1. The minimum Gasteiger partial charge on any atom is -0.465 e. The predicted molar refractivity (Wildman–Crippen MR) is 130 cm³/mol. The van der Waals surface area contributed by atoms with Crippen LogP contribution in [0.5, 0.6) is 0 Å². The van der Waals surface area contributed by atoms with Gasteiger partial charge in [-0.1, -0.05) is 36.4 Å². The van der Waals surface area contributed by atoms with Gasteiger partial charge >= 0.3 is 5.97 Å². The first kappa shape index (κ1) is 25.9. The average molecular weight is 471 g/mol. The van der Waals surface area contributed by atoms with Crippen LogP contribution < -0.4 is 5.32 Å². The van der Waals surface area contributed by atoms with Crippen LogP contribution in [0.4, 0.5) is 0 Å². The lowest BCUT2D eigenvalue weighted by atomic mass is 9.68. The number of likely N-dealkylation sites (tertiary alicyclic amines) is 1. The van der Waals surface area contributed by atoms with Gasteiger partial charge < -0.3 is 19.7 Å². The maximum Gasteiger partial charge on any atom is 0.318 e. The zero-order chi connectivity index (χ0) is 24.4. The lowest BCUT2D eigenvalue weighted by molar-refractivity contribution is -0.158. The molecule has 2 atom stereocenters. The number of fused-ring (bicyclic) bond motifs is 1. The van der Waals surface area contributed by atoms with Gasteiger partial charge in [0, 0.05) is 38.9 Å². The van der Waals surface area contributed by atoms with Crippen LogP contribution in [0.2, 0.25) is 0 Å². The van der Waals surface area contributed by atoms with E-state index in [9.17, 15) is 14.4 Å². The molecule has 0 bridgehead atoms. The molecule has 1 aromatic rings. The highest BCUT2D eigenvalue weighted by Gasteiger charge is 2.61. The Morgan fingerprint density at radius 1 is 1.18 bits per heavy atom. The van der Waals surface area contributed by atoms with E-state index in [4.69, 9.17) is 9.47 Å². The molecule has 7 nitrogen and oxygen atoms in total. The van der Waals surface area contributed by atoms with Gasteiger partial charge in [0.2, 0.25) is 11.8 Å². The number of nitrogens with zero attached hydrogens (tertiary/aromatic N) is 1. The van der Waals surface area contributed by atoms with E-state index in [0.29, 0.717) is 32.5 Å². The van der Waals surface area contributed by atoms with Crippen LogP contribution in [0.15, 0.2) is 42.1 Å². The van der Waals surface area contributed by atoms with Crippen molar-refractivity contribution in [3.05, 3.63) is 47.7 Å². The van der Waals surface area contributed by atoms with Crippen LogP contribution in [0.3, 0.4) is 0 Å². The second-order valence-electron chi connectivity index (χ2n) is 9.06. The number of nitrogens with one attached hydrogen (secondary N) is 1. The van der Waals surface area contributed by atoms with Crippen LogP contribution in [0, 0.1) is 11.3 Å². The third kappa shape index (κ3) is 5.87. The van der Waals surface area contributed by atoms with Gasteiger partial charge in [-0.2, -0.15) is 0 Å². The number of unbranched alkanes of at least 4 members (excludes halogenated alkanes) is 1. The summed E-state index contributed by atoms with van der Waals surface area (Å²) < 4.78 is 10.6. The molecule has 0 saturated carbocycles. The summed E-state index contributed by atoms with van der Waals surface area (Å²) in [6, 6.07) is 10.3. The third-order valence-electron chi connectivity index (χ3n) is 6.84. The summed E-state index contributed by atoms with van der Waals surface area (Å²) in [4.78, 5) is 41.3. The van der Waals surface area contributed by atoms with Crippen LogP contribution in [-0.2, 0) is 30.3 Å². The number of ether oxygens (including phenoxy) is 2. The molecular formula is C27H38N2O5.